The molecule has 0 aliphatic carbocycles. The number of carbonyl (C=O) groups is 2. The monoisotopic (exact) mass is 318 g/mol. The first-order valence-corrected chi connectivity index (χ1v) is 8.09. The Labute approximate surface area is 137 Å². The van der Waals surface area contributed by atoms with E-state index in [0.29, 0.717) is 17.3 Å². The van der Waals surface area contributed by atoms with Crippen LogP contribution >= 0.6 is 0 Å². The molecule has 6 nitrogen and oxygen atoms in total. The standard InChI is InChI=1S/C17H26N4O2/c1-12(21-9-5-8-15(11-21)18-2)16(22)20-14-7-4-6-13(10-14)17(23)19-3/h4,6-7,10,12,15,18H,5,8-9,11H2,1-3H3,(H,19,23)(H,20,22). The topological polar surface area (TPSA) is 73.5 Å². The molecule has 0 saturated carbocycles. The molecule has 1 aliphatic rings. The van der Waals surface area contributed by atoms with E-state index in [4.69, 9.17) is 0 Å². The summed E-state index contributed by atoms with van der Waals surface area (Å²) in [5.74, 6) is -0.210. The normalized spacial score (nSPS) is 19.9. The lowest BCUT2D eigenvalue weighted by atomic mass is 10.0. The number of hydrogen-bond acceptors (Lipinski definition) is 4. The minimum atomic E-state index is -0.199. The maximum atomic E-state index is 12.5. The number of nitrogens with one attached hydrogen (secondary N) is 3. The molecule has 1 aliphatic heterocycles. The van der Waals surface area contributed by atoms with Crippen LogP contribution in [0.25, 0.3) is 0 Å². The Morgan fingerprint density at radius 2 is 2.09 bits per heavy atom. The molecule has 0 radical (unpaired) electrons. The van der Waals surface area contributed by atoms with Gasteiger partial charge in [-0.15, -0.1) is 0 Å². The van der Waals surface area contributed by atoms with Crippen LogP contribution in [0.3, 0.4) is 0 Å². The van der Waals surface area contributed by atoms with Crippen molar-refractivity contribution in [2.75, 3.05) is 32.5 Å². The molecular formula is C17H26N4O2. The zero-order valence-corrected chi connectivity index (χ0v) is 14.1. The fraction of sp³-hybridized carbons (Fsp3) is 0.529. The molecule has 1 heterocycles. The van der Waals surface area contributed by atoms with Crippen LogP contribution in [0.4, 0.5) is 5.69 Å². The van der Waals surface area contributed by atoms with E-state index in [2.05, 4.69) is 20.9 Å². The lowest BCUT2D eigenvalue weighted by Crippen LogP contribution is -2.51. The van der Waals surface area contributed by atoms with Crippen LogP contribution in [0, 0.1) is 0 Å². The van der Waals surface area contributed by atoms with Crippen molar-refractivity contribution < 1.29 is 9.59 Å². The molecule has 2 unspecified atom stereocenters. The zero-order chi connectivity index (χ0) is 16.8. The number of anilines is 1. The molecule has 6 heteroatoms. The summed E-state index contributed by atoms with van der Waals surface area (Å²) in [6, 6.07) is 7.22. The minimum Gasteiger partial charge on any atom is -0.355 e. The van der Waals surface area contributed by atoms with Crippen LogP contribution in [0.1, 0.15) is 30.1 Å². The Hall–Kier alpha value is -1.92. The van der Waals surface area contributed by atoms with Gasteiger partial charge in [0.1, 0.15) is 0 Å². The summed E-state index contributed by atoms with van der Waals surface area (Å²) in [4.78, 5) is 26.3. The Bertz CT molecular complexity index is 561. The lowest BCUT2D eigenvalue weighted by Gasteiger charge is -2.35. The van der Waals surface area contributed by atoms with E-state index in [1.807, 2.05) is 14.0 Å². The highest BCUT2D eigenvalue weighted by Crippen LogP contribution is 2.15. The van der Waals surface area contributed by atoms with Crippen molar-refractivity contribution in [1.29, 1.82) is 0 Å². The summed E-state index contributed by atoms with van der Waals surface area (Å²) in [5.41, 5.74) is 1.18. The predicted octanol–water partition coefficient (Wildman–Crippen LogP) is 1.06. The minimum absolute atomic E-state index is 0.0455. The Morgan fingerprint density at radius 3 is 2.78 bits per heavy atom. The van der Waals surface area contributed by atoms with Gasteiger partial charge in [0.05, 0.1) is 6.04 Å². The number of piperidine rings is 1. The highest BCUT2D eigenvalue weighted by molar-refractivity contribution is 5.98. The van der Waals surface area contributed by atoms with E-state index >= 15 is 0 Å². The molecule has 1 fully saturated rings. The number of carbonyl (C=O) groups excluding carboxylic acids is 2. The van der Waals surface area contributed by atoms with Crippen molar-refractivity contribution in [2.24, 2.45) is 0 Å². The predicted molar refractivity (Wildman–Crippen MR) is 91.6 cm³/mol. The van der Waals surface area contributed by atoms with E-state index < -0.39 is 0 Å². The van der Waals surface area contributed by atoms with Crippen LogP contribution in [0.5, 0.6) is 0 Å². The average Bonchev–Trinajstić information content (AvgIpc) is 2.60. The smallest absolute Gasteiger partial charge is 0.251 e. The highest BCUT2D eigenvalue weighted by atomic mass is 16.2. The first-order chi connectivity index (χ1) is 11.0. The second-order valence-corrected chi connectivity index (χ2v) is 5.95. The number of rotatable bonds is 5. The van der Waals surface area contributed by atoms with Gasteiger partial charge in [-0.05, 0) is 51.6 Å². The summed E-state index contributed by atoms with van der Waals surface area (Å²) in [7, 11) is 3.55. The molecular weight excluding hydrogens is 292 g/mol. The third-order valence-electron chi connectivity index (χ3n) is 4.41. The summed E-state index contributed by atoms with van der Waals surface area (Å²) in [6.07, 6.45) is 2.24. The summed E-state index contributed by atoms with van der Waals surface area (Å²) in [5, 5.41) is 8.78. The quantitative estimate of drug-likeness (QED) is 0.759. The number of likely N-dealkylation sites (N-methyl/N-ethyl adjacent to an activating group) is 1. The van der Waals surface area contributed by atoms with E-state index in [1.165, 1.54) is 0 Å². The van der Waals surface area contributed by atoms with Gasteiger partial charge in [-0.25, -0.2) is 0 Å². The summed E-state index contributed by atoms with van der Waals surface area (Å²) >= 11 is 0. The molecule has 126 valence electrons. The molecule has 1 aromatic rings. The Balaban J connectivity index is 1.99. The third-order valence-corrected chi connectivity index (χ3v) is 4.41. The summed E-state index contributed by atoms with van der Waals surface area (Å²) < 4.78 is 0. The first-order valence-electron chi connectivity index (χ1n) is 8.09. The van der Waals surface area contributed by atoms with Gasteiger partial charge in [0, 0.05) is 30.9 Å². The number of benzene rings is 1. The molecule has 2 amide bonds. The Kier molecular flexibility index (Phi) is 6.12. The van der Waals surface area contributed by atoms with Crippen LogP contribution < -0.4 is 16.0 Å². The Morgan fingerprint density at radius 1 is 1.30 bits per heavy atom. The van der Waals surface area contributed by atoms with Gasteiger partial charge in [0.2, 0.25) is 5.91 Å². The van der Waals surface area contributed by atoms with E-state index in [0.717, 1.165) is 25.9 Å². The molecule has 1 saturated heterocycles. The van der Waals surface area contributed by atoms with Gasteiger partial charge in [-0.2, -0.15) is 0 Å². The number of nitrogens with zero attached hydrogens (tertiary/aromatic N) is 1. The molecule has 0 spiro atoms. The molecule has 2 atom stereocenters. The second kappa shape index (κ2) is 8.08. The van der Waals surface area contributed by atoms with Crippen molar-refractivity contribution >= 4 is 17.5 Å². The fourth-order valence-electron chi connectivity index (χ4n) is 2.89. The van der Waals surface area contributed by atoms with Gasteiger partial charge in [-0.1, -0.05) is 6.07 Å². The first kappa shape index (κ1) is 17.4. The van der Waals surface area contributed by atoms with Crippen molar-refractivity contribution in [1.82, 2.24) is 15.5 Å². The largest absolute Gasteiger partial charge is 0.355 e. The van der Waals surface area contributed by atoms with Gasteiger partial charge >= 0.3 is 0 Å². The van der Waals surface area contributed by atoms with Crippen molar-refractivity contribution in [2.45, 2.75) is 31.8 Å². The van der Waals surface area contributed by atoms with Crippen LogP contribution in [-0.2, 0) is 4.79 Å². The number of hydrogen-bond donors (Lipinski definition) is 3. The van der Waals surface area contributed by atoms with E-state index in [9.17, 15) is 9.59 Å². The lowest BCUT2D eigenvalue weighted by molar-refractivity contribution is -0.121. The van der Waals surface area contributed by atoms with Crippen LogP contribution in [-0.4, -0.2) is 56.0 Å². The van der Waals surface area contributed by atoms with Gasteiger partial charge in [0.25, 0.3) is 5.91 Å². The zero-order valence-electron chi connectivity index (χ0n) is 14.1. The number of amides is 2. The third kappa shape index (κ3) is 4.53. The maximum absolute atomic E-state index is 12.5. The molecule has 1 aromatic carbocycles. The molecule has 3 N–H and O–H groups in total. The maximum Gasteiger partial charge on any atom is 0.251 e. The van der Waals surface area contributed by atoms with Gasteiger partial charge in [0.15, 0.2) is 0 Å². The van der Waals surface area contributed by atoms with Crippen molar-refractivity contribution in [3.05, 3.63) is 29.8 Å². The van der Waals surface area contributed by atoms with Crippen LogP contribution in [0.15, 0.2) is 24.3 Å². The SMILES string of the molecule is CNC(=O)c1cccc(NC(=O)C(C)N2CCCC(NC)C2)c1. The van der Waals surface area contributed by atoms with Crippen molar-refractivity contribution in [3.8, 4) is 0 Å². The van der Waals surface area contributed by atoms with E-state index in [1.54, 1.807) is 31.3 Å². The molecule has 23 heavy (non-hydrogen) atoms. The summed E-state index contributed by atoms with van der Waals surface area (Å²) in [6.45, 7) is 3.74. The molecule has 0 aromatic heterocycles. The second-order valence-electron chi connectivity index (χ2n) is 5.95. The fourth-order valence-corrected chi connectivity index (χ4v) is 2.89. The molecule has 0 bridgehead atoms. The van der Waals surface area contributed by atoms with Gasteiger partial charge in [-0.3, -0.25) is 14.5 Å². The molecule has 2 rings (SSSR count). The number of likely N-dealkylation sites (tertiary alicyclic amines) is 1. The highest BCUT2D eigenvalue weighted by Gasteiger charge is 2.26. The van der Waals surface area contributed by atoms with E-state index in [-0.39, 0.29) is 17.9 Å². The van der Waals surface area contributed by atoms with Crippen molar-refractivity contribution in [3.63, 3.8) is 0 Å². The van der Waals surface area contributed by atoms with Crippen LogP contribution in [0.2, 0.25) is 0 Å². The van der Waals surface area contributed by atoms with Gasteiger partial charge < -0.3 is 16.0 Å². The average molecular weight is 318 g/mol.